The van der Waals surface area contributed by atoms with Crippen LogP contribution in [-0.2, 0) is 11.3 Å². The Hall–Kier alpha value is -3.28. The molecule has 27 heavy (non-hydrogen) atoms. The predicted molar refractivity (Wildman–Crippen MR) is 101 cm³/mol. The molecule has 2 aliphatic rings. The number of aryl methyl sites for hydroxylation is 1. The largest absolute Gasteiger partial charge is 0.497 e. The van der Waals surface area contributed by atoms with Crippen LogP contribution in [0.5, 0.6) is 5.75 Å². The quantitative estimate of drug-likeness (QED) is 0.877. The summed E-state index contributed by atoms with van der Waals surface area (Å²) in [5.74, 6) is 0.724. The van der Waals surface area contributed by atoms with Crippen LogP contribution in [0.25, 0.3) is 0 Å². The molecule has 0 unspecified atom stereocenters. The third-order valence-electron chi connectivity index (χ3n) is 5.05. The van der Waals surface area contributed by atoms with Gasteiger partial charge in [-0.15, -0.1) is 0 Å². The molecule has 2 N–H and O–H groups in total. The highest BCUT2D eigenvalue weighted by atomic mass is 16.5. The molecule has 0 aromatic heterocycles. The number of carbonyl (C=O) groups is 2. The highest BCUT2D eigenvalue weighted by Crippen LogP contribution is 2.34. The summed E-state index contributed by atoms with van der Waals surface area (Å²) in [6, 6.07) is 14.7. The first kappa shape index (κ1) is 17.1. The van der Waals surface area contributed by atoms with Crippen LogP contribution in [0.15, 0.2) is 59.8 Å². The predicted octanol–water partition coefficient (Wildman–Crippen LogP) is 2.65. The second-order valence-electron chi connectivity index (χ2n) is 6.79. The lowest BCUT2D eigenvalue weighted by molar-refractivity contribution is -0.126. The summed E-state index contributed by atoms with van der Waals surface area (Å²) in [5.41, 5.74) is 4.30. The van der Waals surface area contributed by atoms with Crippen LogP contribution in [0.3, 0.4) is 0 Å². The lowest BCUT2D eigenvalue weighted by Gasteiger charge is -2.26. The molecule has 138 valence electrons. The van der Waals surface area contributed by atoms with Crippen molar-refractivity contribution in [1.82, 2.24) is 15.5 Å². The molecular formula is C21H21N3O3. The van der Waals surface area contributed by atoms with Crippen LogP contribution < -0.4 is 15.4 Å². The summed E-state index contributed by atoms with van der Waals surface area (Å²) >= 11 is 0. The highest BCUT2D eigenvalue weighted by molar-refractivity contribution is 6.01. The zero-order valence-electron chi connectivity index (χ0n) is 15.3. The number of hydrogen-bond acceptors (Lipinski definition) is 3. The minimum absolute atomic E-state index is 0.0541. The third-order valence-corrected chi connectivity index (χ3v) is 5.05. The van der Waals surface area contributed by atoms with Crippen LogP contribution >= 0.6 is 0 Å². The van der Waals surface area contributed by atoms with Crippen molar-refractivity contribution in [2.75, 3.05) is 13.7 Å². The fourth-order valence-electron chi connectivity index (χ4n) is 3.65. The maximum atomic E-state index is 13.1. The molecule has 4 rings (SSSR count). The third kappa shape index (κ3) is 3.14. The number of ether oxygens (including phenoxy) is 1. The van der Waals surface area contributed by atoms with Gasteiger partial charge in [0.2, 0.25) is 0 Å². The van der Waals surface area contributed by atoms with Gasteiger partial charge < -0.3 is 20.3 Å². The highest BCUT2D eigenvalue weighted by Gasteiger charge is 2.40. The number of carbonyl (C=O) groups excluding carboxylic acids is 2. The minimum atomic E-state index is -0.427. The van der Waals surface area contributed by atoms with Crippen molar-refractivity contribution in [3.8, 4) is 5.75 Å². The number of urea groups is 1. The fourth-order valence-corrected chi connectivity index (χ4v) is 3.65. The van der Waals surface area contributed by atoms with Crippen molar-refractivity contribution in [2.24, 2.45) is 0 Å². The lowest BCUT2D eigenvalue weighted by atomic mass is 9.93. The van der Waals surface area contributed by atoms with Crippen LogP contribution in [0, 0.1) is 6.92 Å². The molecule has 6 heteroatoms. The standard InChI is InChI=1S/C21H21N3O3/c1-13-5-3-4-6-16(13)19-18-17(22-21(26)23-19)12-24(20(18)25)11-14-7-9-15(27-2)10-8-14/h3-10,19H,11-12H2,1-2H3,(H2,22,23,26)/t19-/m1/s1. The van der Waals surface area contributed by atoms with Crippen molar-refractivity contribution in [3.05, 3.63) is 76.5 Å². The van der Waals surface area contributed by atoms with E-state index in [4.69, 9.17) is 4.74 Å². The van der Waals surface area contributed by atoms with Gasteiger partial charge in [0.1, 0.15) is 5.75 Å². The summed E-state index contributed by atoms with van der Waals surface area (Å²) in [6.45, 7) is 2.86. The van der Waals surface area contributed by atoms with Gasteiger partial charge >= 0.3 is 6.03 Å². The molecule has 2 heterocycles. The van der Waals surface area contributed by atoms with E-state index in [9.17, 15) is 9.59 Å². The Kier molecular flexibility index (Phi) is 4.32. The number of hydrogen-bond donors (Lipinski definition) is 2. The normalized spacial score (nSPS) is 18.9. The van der Waals surface area contributed by atoms with Crippen molar-refractivity contribution in [1.29, 1.82) is 0 Å². The van der Waals surface area contributed by atoms with Gasteiger partial charge in [0.15, 0.2) is 0 Å². The van der Waals surface area contributed by atoms with Crippen molar-refractivity contribution in [3.63, 3.8) is 0 Å². The van der Waals surface area contributed by atoms with Gasteiger partial charge in [-0.2, -0.15) is 0 Å². The van der Waals surface area contributed by atoms with Crippen molar-refractivity contribution >= 4 is 11.9 Å². The Bertz CT molecular complexity index is 934. The Morgan fingerprint density at radius 1 is 1.11 bits per heavy atom. The van der Waals surface area contributed by atoms with Crippen LogP contribution in [-0.4, -0.2) is 30.5 Å². The molecule has 0 bridgehead atoms. The first-order valence-electron chi connectivity index (χ1n) is 8.85. The molecule has 0 saturated heterocycles. The monoisotopic (exact) mass is 363 g/mol. The van der Waals surface area contributed by atoms with Crippen molar-refractivity contribution in [2.45, 2.75) is 19.5 Å². The van der Waals surface area contributed by atoms with Gasteiger partial charge in [-0.1, -0.05) is 36.4 Å². The zero-order valence-corrected chi connectivity index (χ0v) is 15.3. The molecule has 0 radical (unpaired) electrons. The second kappa shape index (κ2) is 6.79. The molecule has 2 aromatic carbocycles. The Labute approximate surface area is 157 Å². The summed E-state index contributed by atoms with van der Waals surface area (Å²) < 4.78 is 5.18. The second-order valence-corrected chi connectivity index (χ2v) is 6.79. The van der Waals surface area contributed by atoms with E-state index in [1.807, 2.05) is 55.5 Å². The number of nitrogens with one attached hydrogen (secondary N) is 2. The molecular weight excluding hydrogens is 342 g/mol. The zero-order chi connectivity index (χ0) is 19.0. The topological polar surface area (TPSA) is 70.7 Å². The van der Waals surface area contributed by atoms with Gasteiger partial charge in [-0.25, -0.2) is 4.79 Å². The molecule has 0 aliphatic carbocycles. The Morgan fingerprint density at radius 2 is 1.85 bits per heavy atom. The van der Waals surface area contributed by atoms with Gasteiger partial charge in [0.05, 0.1) is 31.0 Å². The number of benzene rings is 2. The van der Waals surface area contributed by atoms with E-state index < -0.39 is 6.04 Å². The maximum absolute atomic E-state index is 13.1. The molecule has 2 aromatic rings. The van der Waals surface area contributed by atoms with Gasteiger partial charge in [-0.3, -0.25) is 4.79 Å². The Morgan fingerprint density at radius 3 is 2.56 bits per heavy atom. The van der Waals surface area contributed by atoms with Gasteiger partial charge in [0.25, 0.3) is 5.91 Å². The smallest absolute Gasteiger partial charge is 0.319 e. The number of rotatable bonds is 4. The summed E-state index contributed by atoms with van der Waals surface area (Å²) in [5, 5.41) is 5.71. The molecule has 1 atom stereocenters. The van der Waals surface area contributed by atoms with E-state index in [2.05, 4.69) is 10.6 Å². The Balaban J connectivity index is 1.61. The maximum Gasteiger partial charge on any atom is 0.319 e. The van der Waals surface area contributed by atoms with Crippen LogP contribution in [0.1, 0.15) is 22.7 Å². The summed E-state index contributed by atoms with van der Waals surface area (Å²) in [6.07, 6.45) is 0. The number of nitrogens with zero attached hydrogens (tertiary/aromatic N) is 1. The van der Waals surface area contributed by atoms with E-state index in [0.717, 1.165) is 22.4 Å². The van der Waals surface area contributed by atoms with Crippen LogP contribution in [0.4, 0.5) is 4.79 Å². The van der Waals surface area contributed by atoms with E-state index in [-0.39, 0.29) is 11.9 Å². The average molecular weight is 363 g/mol. The molecule has 6 nitrogen and oxygen atoms in total. The van der Waals surface area contributed by atoms with Gasteiger partial charge in [-0.05, 0) is 35.7 Å². The first-order valence-corrected chi connectivity index (χ1v) is 8.85. The van der Waals surface area contributed by atoms with Crippen LogP contribution in [0.2, 0.25) is 0 Å². The molecule has 0 spiro atoms. The van der Waals surface area contributed by atoms with E-state index in [1.165, 1.54) is 0 Å². The average Bonchev–Trinajstić information content (AvgIpc) is 2.97. The number of methoxy groups -OCH3 is 1. The van der Waals surface area contributed by atoms with E-state index in [0.29, 0.717) is 24.4 Å². The van der Waals surface area contributed by atoms with Crippen molar-refractivity contribution < 1.29 is 14.3 Å². The first-order chi connectivity index (χ1) is 13.1. The summed E-state index contributed by atoms with van der Waals surface area (Å²) in [7, 11) is 1.62. The van der Waals surface area contributed by atoms with E-state index in [1.54, 1.807) is 12.0 Å². The molecule has 0 saturated carbocycles. The SMILES string of the molecule is COc1ccc(CN2CC3=C(C2=O)[C@@H](c2ccccc2C)NC(=O)N3)cc1. The summed E-state index contributed by atoms with van der Waals surface area (Å²) in [4.78, 5) is 27.0. The molecule has 2 aliphatic heterocycles. The van der Waals surface area contributed by atoms with Gasteiger partial charge in [0, 0.05) is 6.54 Å². The molecule has 0 fully saturated rings. The minimum Gasteiger partial charge on any atom is -0.497 e. The fraction of sp³-hybridized carbons (Fsp3) is 0.238. The number of amides is 3. The molecule has 3 amide bonds. The lowest BCUT2D eigenvalue weighted by Crippen LogP contribution is -2.44. The van der Waals surface area contributed by atoms with E-state index >= 15 is 0 Å².